The molecule has 2 unspecified atom stereocenters. The van der Waals surface area contributed by atoms with Gasteiger partial charge in [0.2, 0.25) is 0 Å². The number of aliphatic hydroxyl groups excluding tert-OH is 1. The SMILES string of the molecule is CCCCCCCCCCCCCCCCC(CCCC(O)CCC)S(=O)(=O)[O-].[Na+]. The molecule has 0 rings (SSSR count). The van der Waals surface area contributed by atoms with Gasteiger partial charge in [0.15, 0.2) is 0 Å². The third-order valence-electron chi connectivity index (χ3n) is 5.97. The largest absolute Gasteiger partial charge is 1.00 e. The Kier molecular flexibility index (Phi) is 25.4. The number of hydrogen-bond donors (Lipinski definition) is 1. The zero-order valence-corrected chi connectivity index (χ0v) is 23.2. The molecule has 4 nitrogen and oxygen atoms in total. The quantitative estimate of drug-likeness (QED) is 0.151. The molecule has 0 fully saturated rings. The van der Waals surface area contributed by atoms with E-state index < -0.39 is 15.4 Å². The summed E-state index contributed by atoms with van der Waals surface area (Å²) in [6.45, 7) is 4.27. The van der Waals surface area contributed by atoms with Gasteiger partial charge in [-0.25, -0.2) is 8.42 Å². The molecule has 0 saturated heterocycles. The molecule has 0 spiro atoms. The Hall–Kier alpha value is 0.870. The van der Waals surface area contributed by atoms with E-state index in [1.54, 1.807) is 0 Å². The van der Waals surface area contributed by atoms with Crippen LogP contribution in [0.1, 0.15) is 142 Å². The minimum atomic E-state index is -4.22. The fraction of sp³-hybridized carbons (Fsp3) is 1.00. The van der Waals surface area contributed by atoms with Gasteiger partial charge < -0.3 is 9.66 Å². The zero-order chi connectivity index (χ0) is 21.8. The van der Waals surface area contributed by atoms with Crippen LogP contribution in [-0.4, -0.2) is 29.4 Å². The first-order valence-electron chi connectivity index (χ1n) is 12.5. The van der Waals surface area contributed by atoms with Crippen LogP contribution in [0.15, 0.2) is 0 Å². The topological polar surface area (TPSA) is 77.4 Å². The Labute approximate surface area is 210 Å². The van der Waals surface area contributed by atoms with E-state index in [0.717, 1.165) is 32.1 Å². The zero-order valence-electron chi connectivity index (χ0n) is 20.4. The molecule has 2 atom stereocenters. The molecule has 0 heterocycles. The maximum absolute atomic E-state index is 11.5. The van der Waals surface area contributed by atoms with Gasteiger partial charge in [-0.1, -0.05) is 110 Å². The van der Waals surface area contributed by atoms with Crippen LogP contribution >= 0.6 is 0 Å². The van der Waals surface area contributed by atoms with Crippen LogP contribution in [-0.2, 0) is 10.1 Å². The monoisotopic (exact) mass is 456 g/mol. The maximum Gasteiger partial charge on any atom is 1.00 e. The minimum Gasteiger partial charge on any atom is -0.748 e. The van der Waals surface area contributed by atoms with Crippen molar-refractivity contribution in [2.75, 3.05) is 0 Å². The Balaban J connectivity index is 0. The Bertz CT molecular complexity index is 442. The van der Waals surface area contributed by atoms with Gasteiger partial charge in [0, 0.05) is 5.25 Å². The predicted octanol–water partition coefficient (Wildman–Crippen LogP) is 4.11. The van der Waals surface area contributed by atoms with Crippen molar-refractivity contribution in [1.82, 2.24) is 0 Å². The molecule has 0 saturated carbocycles. The first-order chi connectivity index (χ1) is 13.9. The predicted molar refractivity (Wildman–Crippen MR) is 123 cm³/mol. The van der Waals surface area contributed by atoms with E-state index in [0.29, 0.717) is 25.7 Å². The van der Waals surface area contributed by atoms with Crippen molar-refractivity contribution in [3.8, 4) is 0 Å². The summed E-state index contributed by atoms with van der Waals surface area (Å²) in [4.78, 5) is 0. The molecule has 0 radical (unpaired) electrons. The Morgan fingerprint density at radius 2 is 1.00 bits per heavy atom. The summed E-state index contributed by atoms with van der Waals surface area (Å²) in [7, 11) is -4.22. The van der Waals surface area contributed by atoms with Crippen molar-refractivity contribution in [2.45, 2.75) is 154 Å². The average Bonchev–Trinajstić information content (AvgIpc) is 2.66. The van der Waals surface area contributed by atoms with Gasteiger partial charge in [0.05, 0.1) is 16.2 Å². The van der Waals surface area contributed by atoms with Gasteiger partial charge in [-0.05, 0) is 32.1 Å². The van der Waals surface area contributed by atoms with Crippen LogP contribution in [0.5, 0.6) is 0 Å². The van der Waals surface area contributed by atoms with Crippen molar-refractivity contribution in [2.24, 2.45) is 0 Å². The van der Waals surface area contributed by atoms with Crippen LogP contribution in [0.4, 0.5) is 0 Å². The smallest absolute Gasteiger partial charge is 0.748 e. The Morgan fingerprint density at radius 1 is 0.600 bits per heavy atom. The third-order valence-corrected chi connectivity index (χ3v) is 7.26. The van der Waals surface area contributed by atoms with E-state index >= 15 is 0 Å². The van der Waals surface area contributed by atoms with Crippen molar-refractivity contribution >= 4 is 10.1 Å². The summed E-state index contributed by atoms with van der Waals surface area (Å²) in [6.07, 6.45) is 21.1. The molecule has 0 aliphatic heterocycles. The minimum absolute atomic E-state index is 0. The van der Waals surface area contributed by atoms with E-state index in [-0.39, 0.29) is 35.7 Å². The van der Waals surface area contributed by atoms with Crippen LogP contribution < -0.4 is 29.6 Å². The van der Waals surface area contributed by atoms with Crippen molar-refractivity contribution in [3.05, 3.63) is 0 Å². The van der Waals surface area contributed by atoms with Gasteiger partial charge in [-0.2, -0.15) is 0 Å². The molecule has 1 N–H and O–H groups in total. The van der Waals surface area contributed by atoms with E-state index in [9.17, 15) is 18.1 Å². The molecule has 0 aromatic heterocycles. The van der Waals surface area contributed by atoms with E-state index in [4.69, 9.17) is 0 Å². The molecule has 0 bridgehead atoms. The second-order valence-electron chi connectivity index (χ2n) is 8.87. The van der Waals surface area contributed by atoms with Gasteiger partial charge in [-0.15, -0.1) is 0 Å². The fourth-order valence-corrected chi connectivity index (χ4v) is 4.97. The van der Waals surface area contributed by atoms with Gasteiger partial charge in [-0.3, -0.25) is 0 Å². The number of rotatable bonds is 22. The summed E-state index contributed by atoms with van der Waals surface area (Å²) in [5.41, 5.74) is 0. The first-order valence-corrected chi connectivity index (χ1v) is 14.0. The molecule has 0 aromatic carbocycles. The van der Waals surface area contributed by atoms with Crippen molar-refractivity contribution in [1.29, 1.82) is 0 Å². The second kappa shape index (κ2) is 23.0. The third kappa shape index (κ3) is 22.1. The first kappa shape index (κ1) is 33.0. The standard InChI is InChI=1S/C24H50O4S.Na/c1-3-5-6-7-8-9-10-11-12-13-14-15-16-17-21-24(29(26,27)28)22-18-20-23(25)19-4-2;/h23-25H,3-22H2,1-2H3,(H,26,27,28);/q;+1/p-1. The average molecular weight is 457 g/mol. The molecule has 0 aliphatic carbocycles. The van der Waals surface area contributed by atoms with Crippen LogP contribution in [0, 0.1) is 0 Å². The van der Waals surface area contributed by atoms with Crippen LogP contribution in [0.25, 0.3) is 0 Å². The van der Waals surface area contributed by atoms with Crippen LogP contribution in [0.3, 0.4) is 0 Å². The van der Waals surface area contributed by atoms with Crippen molar-refractivity contribution in [3.63, 3.8) is 0 Å². The summed E-state index contributed by atoms with van der Waals surface area (Å²) >= 11 is 0. The maximum atomic E-state index is 11.5. The van der Waals surface area contributed by atoms with E-state index in [1.165, 1.54) is 70.6 Å². The van der Waals surface area contributed by atoms with Crippen molar-refractivity contribution < 1.29 is 47.6 Å². The van der Waals surface area contributed by atoms with Gasteiger partial charge in [0.25, 0.3) is 0 Å². The second-order valence-corrected chi connectivity index (χ2v) is 10.5. The van der Waals surface area contributed by atoms with Crippen LogP contribution in [0.2, 0.25) is 0 Å². The van der Waals surface area contributed by atoms with Gasteiger partial charge in [0.1, 0.15) is 0 Å². The molecule has 30 heavy (non-hydrogen) atoms. The molecule has 0 aromatic rings. The Morgan fingerprint density at radius 3 is 1.40 bits per heavy atom. The van der Waals surface area contributed by atoms with E-state index in [1.807, 2.05) is 6.92 Å². The summed E-state index contributed by atoms with van der Waals surface area (Å²) < 4.78 is 34.4. The summed E-state index contributed by atoms with van der Waals surface area (Å²) in [5.74, 6) is 0. The molecule has 0 amide bonds. The van der Waals surface area contributed by atoms with Gasteiger partial charge >= 0.3 is 29.6 Å². The molecule has 176 valence electrons. The molecule has 6 heteroatoms. The number of unbranched alkanes of at least 4 members (excludes halogenated alkanes) is 13. The normalized spacial score (nSPS) is 13.7. The molecular weight excluding hydrogens is 407 g/mol. The summed E-state index contributed by atoms with van der Waals surface area (Å²) in [6, 6.07) is 0. The fourth-order valence-electron chi connectivity index (χ4n) is 4.06. The van der Waals surface area contributed by atoms with E-state index in [2.05, 4.69) is 6.92 Å². The molecular formula is C24H49NaO4S. The number of aliphatic hydroxyl groups is 1. The molecule has 0 aliphatic rings. The number of hydrogen-bond acceptors (Lipinski definition) is 4. The summed E-state index contributed by atoms with van der Waals surface area (Å²) in [5, 5.41) is 8.98.